The van der Waals surface area contributed by atoms with Gasteiger partial charge >= 0.3 is 5.76 Å². The van der Waals surface area contributed by atoms with Crippen LogP contribution in [0.5, 0.6) is 0 Å². The topological polar surface area (TPSA) is 108 Å². The van der Waals surface area contributed by atoms with Crippen molar-refractivity contribution in [2.75, 3.05) is 5.32 Å². The zero-order valence-corrected chi connectivity index (χ0v) is 10.1. The van der Waals surface area contributed by atoms with Crippen LogP contribution in [0, 0.1) is 0 Å². The lowest BCUT2D eigenvalue weighted by molar-refractivity contribution is 0.102. The maximum absolute atomic E-state index is 11.9. The van der Waals surface area contributed by atoms with Crippen molar-refractivity contribution in [1.82, 2.24) is 9.97 Å². The Morgan fingerprint density at radius 1 is 1.15 bits per heavy atom. The van der Waals surface area contributed by atoms with Gasteiger partial charge < -0.3 is 14.7 Å². The molecule has 2 aromatic heterocycles. The SMILES string of the molecule is O=C(Nc1ccc2oc(=O)[nH]c2c1)c1ccc(=O)[nH]c1. The van der Waals surface area contributed by atoms with E-state index < -0.39 is 5.76 Å². The molecular weight excluding hydrogens is 262 g/mol. The molecule has 3 aromatic rings. The number of anilines is 1. The smallest absolute Gasteiger partial charge is 0.408 e. The van der Waals surface area contributed by atoms with Gasteiger partial charge in [-0.1, -0.05) is 0 Å². The first-order valence-electron chi connectivity index (χ1n) is 5.75. The van der Waals surface area contributed by atoms with Crippen LogP contribution in [0.1, 0.15) is 10.4 Å². The Labute approximate surface area is 111 Å². The van der Waals surface area contributed by atoms with Gasteiger partial charge in [0.2, 0.25) is 5.56 Å². The van der Waals surface area contributed by atoms with E-state index in [0.29, 0.717) is 22.4 Å². The third kappa shape index (κ3) is 2.24. The number of carbonyl (C=O) groups excluding carboxylic acids is 1. The molecule has 7 nitrogen and oxygen atoms in total. The molecule has 20 heavy (non-hydrogen) atoms. The number of aromatic amines is 2. The molecule has 0 unspecified atom stereocenters. The molecule has 3 N–H and O–H groups in total. The highest BCUT2D eigenvalue weighted by atomic mass is 16.4. The second kappa shape index (κ2) is 4.54. The molecule has 0 aliphatic carbocycles. The first-order chi connectivity index (χ1) is 9.61. The van der Waals surface area contributed by atoms with Crippen molar-refractivity contribution in [3.05, 3.63) is 63.0 Å². The average molecular weight is 271 g/mol. The summed E-state index contributed by atoms with van der Waals surface area (Å²) in [6.07, 6.45) is 1.33. The summed E-state index contributed by atoms with van der Waals surface area (Å²) in [5, 5.41) is 2.65. The van der Waals surface area contributed by atoms with E-state index in [9.17, 15) is 14.4 Å². The molecule has 100 valence electrons. The van der Waals surface area contributed by atoms with E-state index in [0.717, 1.165) is 0 Å². The van der Waals surface area contributed by atoms with E-state index in [4.69, 9.17) is 4.42 Å². The maximum Gasteiger partial charge on any atom is 0.417 e. The quantitative estimate of drug-likeness (QED) is 0.647. The van der Waals surface area contributed by atoms with Gasteiger partial charge in [-0.2, -0.15) is 0 Å². The highest BCUT2D eigenvalue weighted by Gasteiger charge is 2.07. The normalized spacial score (nSPS) is 10.6. The van der Waals surface area contributed by atoms with Crippen molar-refractivity contribution in [2.24, 2.45) is 0 Å². The van der Waals surface area contributed by atoms with Gasteiger partial charge in [0.1, 0.15) is 0 Å². The minimum absolute atomic E-state index is 0.279. The molecular formula is C13H9N3O4. The minimum atomic E-state index is -0.552. The lowest BCUT2D eigenvalue weighted by Crippen LogP contribution is -2.14. The Morgan fingerprint density at radius 2 is 2.00 bits per heavy atom. The number of benzene rings is 1. The number of hydrogen-bond donors (Lipinski definition) is 3. The molecule has 0 aliphatic heterocycles. The first kappa shape index (κ1) is 12.0. The van der Waals surface area contributed by atoms with Gasteiger partial charge in [0.15, 0.2) is 5.58 Å². The van der Waals surface area contributed by atoms with Crippen LogP contribution in [0.2, 0.25) is 0 Å². The Kier molecular flexibility index (Phi) is 2.72. The molecule has 0 radical (unpaired) electrons. The summed E-state index contributed by atoms with van der Waals surface area (Å²) in [7, 11) is 0. The third-order valence-corrected chi connectivity index (χ3v) is 2.72. The van der Waals surface area contributed by atoms with Gasteiger partial charge in [-0.3, -0.25) is 14.6 Å². The van der Waals surface area contributed by atoms with Crippen LogP contribution in [0.4, 0.5) is 5.69 Å². The van der Waals surface area contributed by atoms with E-state index in [1.807, 2.05) is 0 Å². The average Bonchev–Trinajstić information content (AvgIpc) is 2.78. The summed E-state index contributed by atoms with van der Waals surface area (Å²) < 4.78 is 4.86. The lowest BCUT2D eigenvalue weighted by atomic mass is 10.2. The van der Waals surface area contributed by atoms with Crippen molar-refractivity contribution >= 4 is 22.7 Å². The Morgan fingerprint density at radius 3 is 2.75 bits per heavy atom. The number of pyridine rings is 1. The lowest BCUT2D eigenvalue weighted by Gasteiger charge is -2.04. The summed E-state index contributed by atoms with van der Waals surface area (Å²) in [5.74, 6) is -0.921. The number of hydrogen-bond acceptors (Lipinski definition) is 4. The van der Waals surface area contributed by atoms with Crippen LogP contribution in [-0.4, -0.2) is 15.9 Å². The summed E-state index contributed by atoms with van der Waals surface area (Å²) in [5.41, 5.74) is 1.46. The summed E-state index contributed by atoms with van der Waals surface area (Å²) in [6, 6.07) is 7.47. The second-order valence-electron chi connectivity index (χ2n) is 4.12. The molecule has 0 atom stereocenters. The number of fused-ring (bicyclic) bond motifs is 1. The molecule has 0 saturated heterocycles. The van der Waals surface area contributed by atoms with E-state index in [2.05, 4.69) is 15.3 Å². The van der Waals surface area contributed by atoms with Crippen molar-refractivity contribution in [3.63, 3.8) is 0 Å². The van der Waals surface area contributed by atoms with Gasteiger partial charge in [-0.15, -0.1) is 0 Å². The van der Waals surface area contributed by atoms with E-state index in [1.54, 1.807) is 18.2 Å². The highest BCUT2D eigenvalue weighted by Crippen LogP contribution is 2.16. The molecule has 0 bridgehead atoms. The molecule has 2 heterocycles. The Bertz CT molecular complexity index is 883. The molecule has 0 saturated carbocycles. The first-order valence-corrected chi connectivity index (χ1v) is 5.75. The van der Waals surface area contributed by atoms with Crippen LogP contribution < -0.4 is 16.6 Å². The third-order valence-electron chi connectivity index (χ3n) is 2.72. The van der Waals surface area contributed by atoms with Gasteiger partial charge in [0.25, 0.3) is 5.91 Å². The number of oxazole rings is 1. The number of aromatic nitrogens is 2. The summed E-state index contributed by atoms with van der Waals surface area (Å²) in [4.78, 5) is 38.8. The fourth-order valence-corrected chi connectivity index (χ4v) is 1.78. The second-order valence-corrected chi connectivity index (χ2v) is 4.12. The predicted molar refractivity (Wildman–Crippen MR) is 71.9 cm³/mol. The number of nitrogens with one attached hydrogen (secondary N) is 3. The van der Waals surface area contributed by atoms with Crippen LogP contribution in [0.25, 0.3) is 11.1 Å². The monoisotopic (exact) mass is 271 g/mol. The fourth-order valence-electron chi connectivity index (χ4n) is 1.78. The van der Waals surface area contributed by atoms with E-state index in [1.165, 1.54) is 18.3 Å². The van der Waals surface area contributed by atoms with Crippen LogP contribution >= 0.6 is 0 Å². The van der Waals surface area contributed by atoms with Gasteiger partial charge in [-0.25, -0.2) is 4.79 Å². The Hall–Kier alpha value is -3.09. The van der Waals surface area contributed by atoms with Crippen LogP contribution in [0.3, 0.4) is 0 Å². The number of H-pyrrole nitrogens is 2. The molecule has 0 fully saturated rings. The number of rotatable bonds is 2. The minimum Gasteiger partial charge on any atom is -0.408 e. The molecule has 1 amide bonds. The van der Waals surface area contributed by atoms with Crippen molar-refractivity contribution in [2.45, 2.75) is 0 Å². The van der Waals surface area contributed by atoms with E-state index in [-0.39, 0.29) is 11.5 Å². The van der Waals surface area contributed by atoms with Gasteiger partial charge in [-0.05, 0) is 24.3 Å². The van der Waals surface area contributed by atoms with Crippen molar-refractivity contribution in [1.29, 1.82) is 0 Å². The summed E-state index contributed by atoms with van der Waals surface area (Å²) >= 11 is 0. The standard InChI is InChI=1S/C13H9N3O4/c17-11-4-1-7(6-14-11)12(18)15-8-2-3-10-9(5-8)16-13(19)20-10/h1-6H,(H,14,17)(H,15,18)(H,16,19). The predicted octanol–water partition coefficient (Wildman–Crippen LogP) is 1.06. The molecule has 3 rings (SSSR count). The van der Waals surface area contributed by atoms with Gasteiger partial charge in [0.05, 0.1) is 11.1 Å². The van der Waals surface area contributed by atoms with Crippen LogP contribution in [0.15, 0.2) is 50.5 Å². The molecule has 7 heteroatoms. The largest absolute Gasteiger partial charge is 0.417 e. The van der Waals surface area contributed by atoms with Gasteiger partial charge in [0, 0.05) is 18.0 Å². The molecule has 0 aliphatic rings. The number of amides is 1. The zero-order chi connectivity index (χ0) is 14.1. The molecule has 0 spiro atoms. The summed E-state index contributed by atoms with van der Waals surface area (Å²) in [6.45, 7) is 0. The molecule has 1 aromatic carbocycles. The number of carbonyl (C=O) groups is 1. The maximum atomic E-state index is 11.9. The van der Waals surface area contributed by atoms with Crippen LogP contribution in [-0.2, 0) is 0 Å². The fraction of sp³-hybridized carbons (Fsp3) is 0. The Balaban J connectivity index is 1.88. The van der Waals surface area contributed by atoms with Crippen molar-refractivity contribution in [3.8, 4) is 0 Å². The van der Waals surface area contributed by atoms with Crippen molar-refractivity contribution < 1.29 is 9.21 Å². The zero-order valence-electron chi connectivity index (χ0n) is 10.1. The van der Waals surface area contributed by atoms with E-state index >= 15 is 0 Å². The highest BCUT2D eigenvalue weighted by molar-refractivity contribution is 6.04.